The minimum atomic E-state index is 1.05. The highest BCUT2D eigenvalue weighted by atomic mass is 14.7. The van der Waals surface area contributed by atoms with Crippen molar-refractivity contribution >= 4 is 32.3 Å². The SMILES string of the molecule is Cc1cc2cc(-c3cc4c5c(cccc5c3)-c3c-4c(-c4ccccc4)c4ccccc4c3-c3ccccc3)ccc2c(C)n1. The van der Waals surface area contributed by atoms with Crippen molar-refractivity contribution in [2.24, 2.45) is 0 Å². The maximum atomic E-state index is 4.70. The lowest BCUT2D eigenvalue weighted by Crippen LogP contribution is -1.93. The molecule has 0 aliphatic heterocycles. The second kappa shape index (κ2) is 9.49. The summed E-state index contributed by atoms with van der Waals surface area (Å²) in [5.74, 6) is 0. The Morgan fingerprint density at radius 1 is 0.386 bits per heavy atom. The third-order valence-electron chi connectivity index (χ3n) is 9.34. The number of hydrogen-bond donors (Lipinski definition) is 0. The summed E-state index contributed by atoms with van der Waals surface area (Å²) in [5, 5.41) is 7.63. The van der Waals surface area contributed by atoms with Crippen LogP contribution in [0.1, 0.15) is 11.4 Å². The van der Waals surface area contributed by atoms with E-state index in [1.165, 1.54) is 88.0 Å². The average molecular weight is 560 g/mol. The maximum absolute atomic E-state index is 4.70. The van der Waals surface area contributed by atoms with E-state index in [9.17, 15) is 0 Å². The van der Waals surface area contributed by atoms with Gasteiger partial charge in [-0.05, 0) is 121 Å². The van der Waals surface area contributed by atoms with Gasteiger partial charge in [-0.15, -0.1) is 0 Å². The van der Waals surface area contributed by atoms with Gasteiger partial charge in [-0.1, -0.05) is 115 Å². The van der Waals surface area contributed by atoms with Crippen LogP contribution in [0.2, 0.25) is 0 Å². The molecule has 0 spiro atoms. The fourth-order valence-corrected chi connectivity index (χ4v) is 7.56. The van der Waals surface area contributed by atoms with Gasteiger partial charge in [0.15, 0.2) is 0 Å². The van der Waals surface area contributed by atoms with Crippen molar-refractivity contribution in [1.82, 2.24) is 4.98 Å². The van der Waals surface area contributed by atoms with E-state index in [0.29, 0.717) is 0 Å². The van der Waals surface area contributed by atoms with E-state index in [1.54, 1.807) is 0 Å². The first kappa shape index (κ1) is 25.0. The minimum Gasteiger partial charge on any atom is -0.258 e. The summed E-state index contributed by atoms with van der Waals surface area (Å²) in [6.07, 6.45) is 0. The molecular weight excluding hydrogens is 530 g/mol. The Bertz CT molecular complexity index is 2440. The summed E-state index contributed by atoms with van der Waals surface area (Å²) >= 11 is 0. The van der Waals surface area contributed by atoms with E-state index >= 15 is 0 Å². The molecule has 1 heterocycles. The lowest BCUT2D eigenvalue weighted by Gasteiger charge is -2.20. The van der Waals surface area contributed by atoms with E-state index in [2.05, 4.69) is 153 Å². The zero-order valence-corrected chi connectivity index (χ0v) is 24.7. The van der Waals surface area contributed by atoms with Crippen molar-refractivity contribution < 1.29 is 0 Å². The van der Waals surface area contributed by atoms with E-state index in [-0.39, 0.29) is 0 Å². The highest BCUT2D eigenvalue weighted by Crippen LogP contribution is 2.58. The molecule has 0 bridgehead atoms. The van der Waals surface area contributed by atoms with Crippen LogP contribution in [-0.2, 0) is 0 Å². The first-order valence-electron chi connectivity index (χ1n) is 15.3. The lowest BCUT2D eigenvalue weighted by atomic mass is 9.82. The van der Waals surface area contributed by atoms with Crippen LogP contribution >= 0.6 is 0 Å². The fraction of sp³-hybridized carbons (Fsp3) is 0.0465. The Labute approximate surface area is 257 Å². The smallest absolute Gasteiger partial charge is 0.0454 e. The van der Waals surface area contributed by atoms with Crippen LogP contribution in [0.4, 0.5) is 0 Å². The third kappa shape index (κ3) is 3.63. The number of rotatable bonds is 3. The second-order valence-corrected chi connectivity index (χ2v) is 12.0. The Hall–Kier alpha value is -5.53. The second-order valence-electron chi connectivity index (χ2n) is 12.0. The topological polar surface area (TPSA) is 12.9 Å². The Kier molecular flexibility index (Phi) is 5.39. The molecule has 1 aromatic heterocycles. The largest absolute Gasteiger partial charge is 0.258 e. The van der Waals surface area contributed by atoms with Gasteiger partial charge >= 0.3 is 0 Å². The van der Waals surface area contributed by atoms with E-state index in [4.69, 9.17) is 4.98 Å². The van der Waals surface area contributed by atoms with Crippen LogP contribution in [0.25, 0.3) is 88.0 Å². The van der Waals surface area contributed by atoms with Crippen molar-refractivity contribution in [1.29, 1.82) is 0 Å². The van der Waals surface area contributed by atoms with Gasteiger partial charge in [-0.3, -0.25) is 4.98 Å². The van der Waals surface area contributed by atoms with Gasteiger partial charge in [0.25, 0.3) is 0 Å². The quantitative estimate of drug-likeness (QED) is 0.210. The molecule has 1 heteroatoms. The molecular formula is C43H29N. The number of benzene rings is 7. The van der Waals surface area contributed by atoms with Crippen molar-refractivity contribution in [3.63, 3.8) is 0 Å². The summed E-state index contributed by atoms with van der Waals surface area (Å²) in [4.78, 5) is 4.70. The lowest BCUT2D eigenvalue weighted by molar-refractivity contribution is 1.15. The minimum absolute atomic E-state index is 1.05. The number of fused-ring (bicyclic) bond motifs is 5. The normalized spacial score (nSPS) is 11.9. The van der Waals surface area contributed by atoms with Crippen molar-refractivity contribution in [3.8, 4) is 55.6 Å². The van der Waals surface area contributed by atoms with Gasteiger partial charge in [0, 0.05) is 16.8 Å². The molecule has 1 aliphatic rings. The molecule has 206 valence electrons. The summed E-state index contributed by atoms with van der Waals surface area (Å²) in [6.45, 7) is 4.18. The summed E-state index contributed by atoms with van der Waals surface area (Å²) in [5.41, 5.74) is 15.0. The number of nitrogens with zero attached hydrogens (tertiary/aromatic N) is 1. The zero-order valence-electron chi connectivity index (χ0n) is 24.7. The maximum Gasteiger partial charge on any atom is 0.0454 e. The van der Waals surface area contributed by atoms with Crippen LogP contribution in [0.5, 0.6) is 0 Å². The van der Waals surface area contributed by atoms with Gasteiger partial charge in [-0.2, -0.15) is 0 Å². The molecule has 7 aromatic carbocycles. The molecule has 9 rings (SSSR count). The van der Waals surface area contributed by atoms with Crippen LogP contribution in [0, 0.1) is 13.8 Å². The predicted octanol–water partition coefficient (Wildman–Crippen LogP) is 11.8. The molecule has 44 heavy (non-hydrogen) atoms. The molecule has 0 N–H and O–H groups in total. The Balaban J connectivity index is 1.43. The summed E-state index contributed by atoms with van der Waals surface area (Å²) in [7, 11) is 0. The standard InChI is InChI=1S/C43H29N/c1-26-22-33-23-30(20-21-34(33)27(2)44-26)32-24-31-16-11-19-37-39(31)38(25-32)43-41(29-14-7-4-8-15-29)36-18-10-9-17-35(36)40(42(37)43)28-12-5-3-6-13-28/h3-25H,1-2H3. The Morgan fingerprint density at radius 2 is 1.00 bits per heavy atom. The monoisotopic (exact) mass is 559 g/mol. The van der Waals surface area contributed by atoms with E-state index in [0.717, 1.165) is 11.4 Å². The van der Waals surface area contributed by atoms with Crippen LogP contribution in [-0.4, -0.2) is 4.98 Å². The molecule has 8 aromatic rings. The summed E-state index contributed by atoms with van der Waals surface area (Å²) in [6, 6.07) is 51.5. The van der Waals surface area contributed by atoms with Crippen LogP contribution in [0.3, 0.4) is 0 Å². The number of hydrogen-bond acceptors (Lipinski definition) is 1. The molecule has 1 aliphatic carbocycles. The zero-order chi connectivity index (χ0) is 29.4. The van der Waals surface area contributed by atoms with Gasteiger partial charge in [0.05, 0.1) is 0 Å². The molecule has 1 nitrogen and oxygen atoms in total. The molecule has 0 amide bonds. The highest BCUT2D eigenvalue weighted by molar-refractivity contribution is 6.28. The van der Waals surface area contributed by atoms with Crippen LogP contribution < -0.4 is 0 Å². The number of aromatic nitrogens is 1. The van der Waals surface area contributed by atoms with Crippen molar-refractivity contribution in [2.75, 3.05) is 0 Å². The molecule has 0 unspecified atom stereocenters. The van der Waals surface area contributed by atoms with E-state index in [1.807, 2.05) is 0 Å². The van der Waals surface area contributed by atoms with E-state index < -0.39 is 0 Å². The Morgan fingerprint density at radius 3 is 1.68 bits per heavy atom. The first-order chi connectivity index (χ1) is 21.7. The highest BCUT2D eigenvalue weighted by Gasteiger charge is 2.30. The van der Waals surface area contributed by atoms with Gasteiger partial charge in [0.1, 0.15) is 0 Å². The molecule has 0 saturated carbocycles. The van der Waals surface area contributed by atoms with Crippen molar-refractivity contribution in [2.45, 2.75) is 13.8 Å². The van der Waals surface area contributed by atoms with Crippen LogP contribution in [0.15, 0.2) is 140 Å². The first-order valence-corrected chi connectivity index (χ1v) is 15.3. The molecule has 0 atom stereocenters. The molecule has 0 radical (unpaired) electrons. The molecule has 0 saturated heterocycles. The van der Waals surface area contributed by atoms with Gasteiger partial charge < -0.3 is 0 Å². The summed E-state index contributed by atoms with van der Waals surface area (Å²) < 4.78 is 0. The number of aryl methyl sites for hydroxylation is 2. The van der Waals surface area contributed by atoms with Gasteiger partial charge in [-0.25, -0.2) is 0 Å². The average Bonchev–Trinajstić information content (AvgIpc) is 3.38. The fourth-order valence-electron chi connectivity index (χ4n) is 7.56. The third-order valence-corrected chi connectivity index (χ3v) is 9.34. The van der Waals surface area contributed by atoms with Crippen molar-refractivity contribution in [3.05, 3.63) is 151 Å². The predicted molar refractivity (Wildman–Crippen MR) is 187 cm³/mol. The van der Waals surface area contributed by atoms with Gasteiger partial charge in [0.2, 0.25) is 0 Å². The number of pyridine rings is 1. The molecule has 0 fully saturated rings.